The van der Waals surface area contributed by atoms with Gasteiger partial charge in [0.2, 0.25) is 0 Å². The van der Waals surface area contributed by atoms with Gasteiger partial charge in [-0.2, -0.15) is 0 Å². The smallest absolute Gasteiger partial charge is 0.325 e. The third-order valence-electron chi connectivity index (χ3n) is 3.49. The van der Waals surface area contributed by atoms with Crippen LogP contribution in [0.25, 0.3) is 0 Å². The van der Waals surface area contributed by atoms with Crippen molar-refractivity contribution in [2.24, 2.45) is 0 Å². The van der Waals surface area contributed by atoms with Gasteiger partial charge in [-0.3, -0.25) is 19.8 Å². The summed E-state index contributed by atoms with van der Waals surface area (Å²) in [5.41, 5.74) is 0.852. The fourth-order valence-corrected chi connectivity index (χ4v) is 4.33. The molecule has 1 N–H and O–H groups in total. The maximum atomic E-state index is 11.6. The molecule has 2 aromatic heterocycles. The summed E-state index contributed by atoms with van der Waals surface area (Å²) in [7, 11) is 0. The molecule has 0 aromatic carbocycles. The molecule has 1 unspecified atom stereocenters. The van der Waals surface area contributed by atoms with Gasteiger partial charge in [-0.15, -0.1) is 11.3 Å². The molecule has 21 heavy (non-hydrogen) atoms. The fraction of sp³-hybridized carbons (Fsp3) is 0.308. The molecule has 0 saturated heterocycles. The largest absolute Gasteiger partial charge is 0.480 e. The first-order valence-electron chi connectivity index (χ1n) is 6.32. The average molecular weight is 324 g/mol. The Hall–Kier alpha value is -1.77. The average Bonchev–Trinajstić information content (AvgIpc) is 3.06. The van der Waals surface area contributed by atoms with E-state index in [1.807, 2.05) is 16.3 Å². The van der Waals surface area contributed by atoms with Crippen LogP contribution in [0.5, 0.6) is 0 Å². The molecule has 3 heterocycles. The van der Waals surface area contributed by atoms with Gasteiger partial charge in [0, 0.05) is 28.9 Å². The summed E-state index contributed by atoms with van der Waals surface area (Å²) in [6.07, 6.45) is 0.824. The monoisotopic (exact) mass is 324 g/mol. The molecule has 0 bridgehead atoms. The van der Waals surface area contributed by atoms with E-state index in [9.17, 15) is 20.0 Å². The fourth-order valence-electron chi connectivity index (χ4n) is 2.58. The lowest BCUT2D eigenvalue weighted by molar-refractivity contribution is -0.380. The molecule has 0 amide bonds. The topological polar surface area (TPSA) is 83.7 Å². The van der Waals surface area contributed by atoms with Crippen LogP contribution < -0.4 is 0 Å². The van der Waals surface area contributed by atoms with Crippen LogP contribution >= 0.6 is 22.7 Å². The predicted molar refractivity (Wildman–Crippen MR) is 79.8 cm³/mol. The van der Waals surface area contributed by atoms with E-state index < -0.39 is 16.9 Å². The van der Waals surface area contributed by atoms with Crippen LogP contribution in [-0.2, 0) is 17.8 Å². The van der Waals surface area contributed by atoms with Crippen molar-refractivity contribution in [2.45, 2.75) is 19.0 Å². The van der Waals surface area contributed by atoms with Gasteiger partial charge in [0.15, 0.2) is 0 Å². The number of hydrogen-bond donors (Lipinski definition) is 1. The zero-order chi connectivity index (χ0) is 15.0. The second-order valence-corrected chi connectivity index (χ2v) is 6.90. The van der Waals surface area contributed by atoms with E-state index in [0.717, 1.165) is 33.1 Å². The number of carboxylic acids is 1. The molecule has 0 fully saturated rings. The molecule has 1 aliphatic rings. The number of aliphatic carboxylic acids is 1. The molecule has 3 rings (SSSR count). The highest BCUT2D eigenvalue weighted by atomic mass is 32.1. The van der Waals surface area contributed by atoms with Crippen LogP contribution in [0.4, 0.5) is 5.00 Å². The lowest BCUT2D eigenvalue weighted by atomic mass is 10.00. The minimum Gasteiger partial charge on any atom is -0.480 e. The Morgan fingerprint density at radius 1 is 1.48 bits per heavy atom. The number of nitrogens with zero attached hydrogens (tertiary/aromatic N) is 2. The van der Waals surface area contributed by atoms with Crippen molar-refractivity contribution in [1.29, 1.82) is 0 Å². The van der Waals surface area contributed by atoms with E-state index in [2.05, 4.69) is 0 Å². The third kappa shape index (κ3) is 2.69. The van der Waals surface area contributed by atoms with E-state index >= 15 is 0 Å². The Labute approximate surface area is 128 Å². The summed E-state index contributed by atoms with van der Waals surface area (Å²) in [6, 6.07) is 4.36. The molecule has 2 aromatic rings. The minimum atomic E-state index is -0.875. The van der Waals surface area contributed by atoms with Gasteiger partial charge in [-0.05, 0) is 29.5 Å². The number of carboxylic acid groups (broad SMARTS) is 1. The van der Waals surface area contributed by atoms with Crippen molar-refractivity contribution in [3.63, 3.8) is 0 Å². The molecular formula is C13H12N2O4S2. The number of thiophene rings is 2. The van der Waals surface area contributed by atoms with Crippen molar-refractivity contribution >= 4 is 33.6 Å². The van der Waals surface area contributed by atoms with Crippen LogP contribution in [0.3, 0.4) is 0 Å². The Bertz CT molecular complexity index is 694. The van der Waals surface area contributed by atoms with Gasteiger partial charge >= 0.3 is 11.0 Å². The summed E-state index contributed by atoms with van der Waals surface area (Å²) in [5.74, 6) is -0.875. The summed E-state index contributed by atoms with van der Waals surface area (Å²) in [5, 5.41) is 22.2. The van der Waals surface area contributed by atoms with Crippen molar-refractivity contribution in [1.82, 2.24) is 4.90 Å². The van der Waals surface area contributed by atoms with E-state index in [0.29, 0.717) is 13.1 Å². The molecule has 0 saturated carbocycles. The molecule has 8 heteroatoms. The molecule has 0 radical (unpaired) electrons. The highest BCUT2D eigenvalue weighted by Crippen LogP contribution is 2.35. The van der Waals surface area contributed by atoms with Crippen LogP contribution in [-0.4, -0.2) is 27.4 Å². The van der Waals surface area contributed by atoms with Crippen LogP contribution in [0.1, 0.15) is 21.4 Å². The summed E-state index contributed by atoms with van der Waals surface area (Å²) < 4.78 is 0. The second kappa shape index (κ2) is 5.55. The van der Waals surface area contributed by atoms with Crippen LogP contribution in [0.2, 0.25) is 0 Å². The van der Waals surface area contributed by atoms with Gasteiger partial charge < -0.3 is 5.11 Å². The molecule has 0 spiro atoms. The first-order chi connectivity index (χ1) is 10.1. The Morgan fingerprint density at radius 2 is 2.29 bits per heavy atom. The SMILES string of the molecule is O=C(O)C1c2ccsc2CCN1Cc1ccc([N+](=O)[O-])s1. The first kappa shape index (κ1) is 14.2. The van der Waals surface area contributed by atoms with Crippen LogP contribution in [0.15, 0.2) is 23.6 Å². The Balaban J connectivity index is 1.84. The number of fused-ring (bicyclic) bond motifs is 1. The highest BCUT2D eigenvalue weighted by Gasteiger charge is 2.34. The number of rotatable bonds is 4. The second-order valence-electron chi connectivity index (χ2n) is 4.76. The van der Waals surface area contributed by atoms with Crippen LogP contribution in [0, 0.1) is 10.1 Å². The molecular weight excluding hydrogens is 312 g/mol. The normalized spacial score (nSPS) is 18.4. The molecule has 1 aliphatic heterocycles. The molecule has 1 atom stereocenters. The van der Waals surface area contributed by atoms with Crippen molar-refractivity contribution in [2.75, 3.05) is 6.54 Å². The van der Waals surface area contributed by atoms with Gasteiger partial charge in [0.1, 0.15) is 6.04 Å². The summed E-state index contributed by atoms with van der Waals surface area (Å²) in [4.78, 5) is 25.7. The van der Waals surface area contributed by atoms with Crippen molar-refractivity contribution < 1.29 is 14.8 Å². The zero-order valence-electron chi connectivity index (χ0n) is 10.9. The highest BCUT2D eigenvalue weighted by molar-refractivity contribution is 7.15. The van der Waals surface area contributed by atoms with E-state index in [1.54, 1.807) is 17.4 Å². The summed E-state index contributed by atoms with van der Waals surface area (Å²) in [6.45, 7) is 1.07. The quantitative estimate of drug-likeness (QED) is 0.690. The maximum absolute atomic E-state index is 11.6. The van der Waals surface area contributed by atoms with E-state index in [-0.39, 0.29) is 5.00 Å². The zero-order valence-corrected chi connectivity index (χ0v) is 12.5. The predicted octanol–water partition coefficient (Wildman–Crippen LogP) is 2.90. The maximum Gasteiger partial charge on any atom is 0.325 e. The number of nitro groups is 1. The van der Waals surface area contributed by atoms with E-state index in [1.165, 1.54) is 6.07 Å². The first-order valence-corrected chi connectivity index (χ1v) is 8.02. The number of carbonyl (C=O) groups is 1. The molecule has 6 nitrogen and oxygen atoms in total. The van der Waals surface area contributed by atoms with E-state index in [4.69, 9.17) is 0 Å². The molecule has 0 aliphatic carbocycles. The van der Waals surface area contributed by atoms with Gasteiger partial charge in [0.05, 0.1) is 4.92 Å². The Kier molecular flexibility index (Phi) is 3.75. The third-order valence-corrected chi connectivity index (χ3v) is 5.50. The van der Waals surface area contributed by atoms with Crippen molar-refractivity contribution in [3.05, 3.63) is 49.0 Å². The minimum absolute atomic E-state index is 0.0881. The van der Waals surface area contributed by atoms with Gasteiger partial charge in [-0.25, -0.2) is 0 Å². The lowest BCUT2D eigenvalue weighted by Gasteiger charge is -2.32. The standard InChI is InChI=1S/C13H12N2O4S2/c16-13(17)12-9-4-6-20-10(9)3-5-14(12)7-8-1-2-11(21-8)15(18)19/h1-2,4,6,12H,3,5,7H2,(H,16,17). The number of hydrogen-bond acceptors (Lipinski definition) is 6. The van der Waals surface area contributed by atoms with Crippen molar-refractivity contribution in [3.8, 4) is 0 Å². The summed E-state index contributed by atoms with van der Waals surface area (Å²) >= 11 is 2.69. The van der Waals surface area contributed by atoms with Gasteiger partial charge in [0.25, 0.3) is 0 Å². The Morgan fingerprint density at radius 3 is 2.95 bits per heavy atom. The molecule has 110 valence electrons. The van der Waals surface area contributed by atoms with Gasteiger partial charge in [-0.1, -0.05) is 11.3 Å². The lowest BCUT2D eigenvalue weighted by Crippen LogP contribution is -2.38.